The van der Waals surface area contributed by atoms with Crippen LogP contribution in [0.25, 0.3) is 0 Å². The van der Waals surface area contributed by atoms with Crippen molar-refractivity contribution in [1.82, 2.24) is 15.2 Å². The van der Waals surface area contributed by atoms with Gasteiger partial charge in [0.15, 0.2) is 0 Å². The first kappa shape index (κ1) is 16.8. The molecule has 0 unspecified atom stereocenters. The molecule has 5 nitrogen and oxygen atoms in total. The molecule has 6 heteroatoms. The first-order valence-electron chi connectivity index (χ1n) is 6.76. The molecule has 1 heterocycles. The second-order valence-corrected chi connectivity index (χ2v) is 6.16. The van der Waals surface area contributed by atoms with Crippen molar-refractivity contribution in [3.8, 4) is 0 Å². The molecule has 0 aliphatic carbocycles. The molecule has 0 radical (unpaired) electrons. The van der Waals surface area contributed by atoms with Gasteiger partial charge in [-0.2, -0.15) is 0 Å². The SMILES string of the molecule is CC(C)C(=O)NCCNC(=O)c1cc(Br)cn1C(C)C. The maximum absolute atomic E-state index is 12.1. The number of halogens is 1. The van der Waals surface area contributed by atoms with Crippen LogP contribution in [-0.2, 0) is 4.79 Å². The lowest BCUT2D eigenvalue weighted by molar-refractivity contribution is -0.123. The summed E-state index contributed by atoms with van der Waals surface area (Å²) in [5, 5.41) is 5.57. The van der Waals surface area contributed by atoms with Crippen LogP contribution in [0.4, 0.5) is 0 Å². The van der Waals surface area contributed by atoms with E-state index in [4.69, 9.17) is 0 Å². The zero-order valence-corrected chi connectivity index (χ0v) is 14.0. The summed E-state index contributed by atoms with van der Waals surface area (Å²) in [7, 11) is 0. The molecule has 0 spiro atoms. The third kappa shape index (κ3) is 4.67. The van der Waals surface area contributed by atoms with Gasteiger partial charge >= 0.3 is 0 Å². The Labute approximate surface area is 128 Å². The van der Waals surface area contributed by atoms with E-state index in [1.807, 2.05) is 38.5 Å². The van der Waals surface area contributed by atoms with Crippen LogP contribution in [0, 0.1) is 5.92 Å². The molecule has 20 heavy (non-hydrogen) atoms. The van der Waals surface area contributed by atoms with Gasteiger partial charge in [0, 0.05) is 35.7 Å². The minimum absolute atomic E-state index is 0.00690. The number of aromatic nitrogens is 1. The van der Waals surface area contributed by atoms with Crippen molar-refractivity contribution in [2.45, 2.75) is 33.7 Å². The van der Waals surface area contributed by atoms with Crippen molar-refractivity contribution in [3.63, 3.8) is 0 Å². The fourth-order valence-electron chi connectivity index (χ4n) is 1.71. The van der Waals surface area contributed by atoms with Gasteiger partial charge in [-0.3, -0.25) is 9.59 Å². The number of nitrogens with zero attached hydrogens (tertiary/aromatic N) is 1. The second-order valence-electron chi connectivity index (χ2n) is 5.25. The van der Waals surface area contributed by atoms with Crippen molar-refractivity contribution in [1.29, 1.82) is 0 Å². The van der Waals surface area contributed by atoms with Crippen molar-refractivity contribution in [2.24, 2.45) is 5.92 Å². The van der Waals surface area contributed by atoms with Crippen LogP contribution in [0.15, 0.2) is 16.7 Å². The first-order valence-corrected chi connectivity index (χ1v) is 7.55. The van der Waals surface area contributed by atoms with E-state index in [1.165, 1.54) is 0 Å². The third-order valence-electron chi connectivity index (χ3n) is 2.84. The highest BCUT2D eigenvalue weighted by Crippen LogP contribution is 2.19. The van der Waals surface area contributed by atoms with E-state index in [9.17, 15) is 9.59 Å². The van der Waals surface area contributed by atoms with Crippen molar-refractivity contribution in [3.05, 3.63) is 22.4 Å². The number of nitrogens with one attached hydrogen (secondary N) is 2. The quantitative estimate of drug-likeness (QED) is 0.778. The Morgan fingerprint density at radius 2 is 1.80 bits per heavy atom. The molecule has 0 fully saturated rings. The van der Waals surface area contributed by atoms with Gasteiger partial charge in [0.25, 0.3) is 5.91 Å². The molecule has 0 aliphatic heterocycles. The van der Waals surface area contributed by atoms with Gasteiger partial charge < -0.3 is 15.2 Å². The molecule has 2 amide bonds. The van der Waals surface area contributed by atoms with Gasteiger partial charge in [0.05, 0.1) is 0 Å². The van der Waals surface area contributed by atoms with E-state index in [2.05, 4.69) is 26.6 Å². The van der Waals surface area contributed by atoms with Gasteiger partial charge in [0.1, 0.15) is 5.69 Å². The highest BCUT2D eigenvalue weighted by Gasteiger charge is 2.14. The van der Waals surface area contributed by atoms with Crippen LogP contribution in [0.5, 0.6) is 0 Å². The average molecular weight is 344 g/mol. The summed E-state index contributed by atoms with van der Waals surface area (Å²) in [6, 6.07) is 2.00. The molecule has 0 aliphatic rings. The van der Waals surface area contributed by atoms with E-state index in [-0.39, 0.29) is 23.8 Å². The smallest absolute Gasteiger partial charge is 0.268 e. The molecule has 1 aromatic heterocycles. The van der Waals surface area contributed by atoms with Crippen LogP contribution < -0.4 is 10.6 Å². The fraction of sp³-hybridized carbons (Fsp3) is 0.571. The maximum atomic E-state index is 12.1. The average Bonchev–Trinajstić information content (AvgIpc) is 2.76. The number of amides is 2. The second kappa shape index (κ2) is 7.47. The number of hydrogen-bond donors (Lipinski definition) is 2. The Balaban J connectivity index is 2.49. The van der Waals surface area contributed by atoms with Crippen LogP contribution in [0.1, 0.15) is 44.2 Å². The molecule has 112 valence electrons. The summed E-state index contributed by atoms with van der Waals surface area (Å²) in [6.07, 6.45) is 1.89. The number of carbonyl (C=O) groups is 2. The van der Waals surface area contributed by atoms with Crippen molar-refractivity contribution in [2.75, 3.05) is 13.1 Å². The molecule has 1 rings (SSSR count). The highest BCUT2D eigenvalue weighted by molar-refractivity contribution is 9.10. The molecular formula is C14H22BrN3O2. The number of rotatable bonds is 6. The lowest BCUT2D eigenvalue weighted by Gasteiger charge is -2.13. The first-order chi connectivity index (χ1) is 9.32. The zero-order valence-electron chi connectivity index (χ0n) is 12.4. The Kier molecular flexibility index (Phi) is 6.26. The van der Waals surface area contributed by atoms with Gasteiger partial charge in [-0.15, -0.1) is 0 Å². The number of carbonyl (C=O) groups excluding carboxylic acids is 2. The van der Waals surface area contributed by atoms with Crippen LogP contribution in [-0.4, -0.2) is 29.5 Å². The summed E-state index contributed by atoms with van der Waals surface area (Å²) < 4.78 is 2.79. The van der Waals surface area contributed by atoms with E-state index in [1.54, 1.807) is 6.07 Å². The monoisotopic (exact) mass is 343 g/mol. The Morgan fingerprint density at radius 1 is 1.20 bits per heavy atom. The Bertz CT molecular complexity index is 481. The number of hydrogen-bond acceptors (Lipinski definition) is 2. The molecule has 2 N–H and O–H groups in total. The van der Waals surface area contributed by atoms with Gasteiger partial charge in [-0.05, 0) is 35.8 Å². The van der Waals surface area contributed by atoms with Gasteiger partial charge in [0.2, 0.25) is 5.91 Å². The normalized spacial score (nSPS) is 10.9. The maximum Gasteiger partial charge on any atom is 0.268 e. The largest absolute Gasteiger partial charge is 0.354 e. The lowest BCUT2D eigenvalue weighted by atomic mass is 10.2. The summed E-state index contributed by atoms with van der Waals surface area (Å²) in [4.78, 5) is 23.5. The van der Waals surface area contributed by atoms with Gasteiger partial charge in [-0.1, -0.05) is 13.8 Å². The molecule has 1 aromatic rings. The molecule has 0 atom stereocenters. The van der Waals surface area contributed by atoms with Crippen molar-refractivity contribution < 1.29 is 9.59 Å². The minimum Gasteiger partial charge on any atom is -0.354 e. The van der Waals surface area contributed by atoms with Gasteiger partial charge in [-0.25, -0.2) is 0 Å². The van der Waals surface area contributed by atoms with Crippen LogP contribution in [0.3, 0.4) is 0 Å². The molecule has 0 bridgehead atoms. The summed E-state index contributed by atoms with van der Waals surface area (Å²) >= 11 is 3.38. The van der Waals surface area contributed by atoms with E-state index >= 15 is 0 Å². The molecule has 0 aromatic carbocycles. The summed E-state index contributed by atoms with van der Waals surface area (Å²) in [5.74, 6) is -0.185. The lowest BCUT2D eigenvalue weighted by Crippen LogP contribution is -2.37. The molecule has 0 saturated carbocycles. The summed E-state index contributed by atoms with van der Waals surface area (Å²) in [5.41, 5.74) is 0.613. The summed E-state index contributed by atoms with van der Waals surface area (Å²) in [6.45, 7) is 8.56. The predicted molar refractivity (Wildman–Crippen MR) is 82.7 cm³/mol. The molecule has 0 saturated heterocycles. The Morgan fingerprint density at radius 3 is 2.35 bits per heavy atom. The zero-order chi connectivity index (χ0) is 15.3. The predicted octanol–water partition coefficient (Wildman–Crippen LogP) is 2.33. The highest BCUT2D eigenvalue weighted by atomic mass is 79.9. The van der Waals surface area contributed by atoms with Crippen LogP contribution >= 0.6 is 15.9 Å². The standard InChI is InChI=1S/C14H22BrN3O2/c1-9(2)13(19)16-5-6-17-14(20)12-7-11(15)8-18(12)10(3)4/h7-10H,5-6H2,1-4H3,(H,16,19)(H,17,20). The molecular weight excluding hydrogens is 322 g/mol. The third-order valence-corrected chi connectivity index (χ3v) is 3.27. The fourth-order valence-corrected chi connectivity index (χ4v) is 2.15. The van der Waals surface area contributed by atoms with Crippen LogP contribution in [0.2, 0.25) is 0 Å². The Hall–Kier alpha value is -1.30. The topological polar surface area (TPSA) is 63.1 Å². The van der Waals surface area contributed by atoms with E-state index in [0.717, 1.165) is 4.47 Å². The minimum atomic E-state index is -0.136. The van der Waals surface area contributed by atoms with Crippen molar-refractivity contribution >= 4 is 27.7 Å². The van der Waals surface area contributed by atoms with E-state index in [0.29, 0.717) is 18.8 Å². The van der Waals surface area contributed by atoms with E-state index < -0.39 is 0 Å².